The molecule has 0 aliphatic carbocycles. The van der Waals surface area contributed by atoms with Gasteiger partial charge in [-0.3, -0.25) is 14.0 Å². The van der Waals surface area contributed by atoms with Crippen LogP contribution in [0.1, 0.15) is 17.7 Å². The number of carbonyl (C=O) groups excluding carboxylic acids is 1. The highest BCUT2D eigenvalue weighted by Crippen LogP contribution is 2.15. The number of fused-ring (bicyclic) bond motifs is 2. The topological polar surface area (TPSA) is 78.5 Å². The lowest BCUT2D eigenvalue weighted by Crippen LogP contribution is -2.40. The molecule has 2 aromatic rings. The largest absolute Gasteiger partial charge is 0.337 e. The van der Waals surface area contributed by atoms with Gasteiger partial charge in [0.15, 0.2) is 0 Å². The molecule has 0 N–H and O–H groups in total. The van der Waals surface area contributed by atoms with Gasteiger partial charge in [0.2, 0.25) is 5.91 Å². The van der Waals surface area contributed by atoms with Crippen LogP contribution in [0.25, 0.3) is 5.65 Å². The van der Waals surface area contributed by atoms with Gasteiger partial charge in [0.25, 0.3) is 5.56 Å². The number of carbonyl (C=O) groups is 1. The molecule has 0 aromatic carbocycles. The fourth-order valence-electron chi connectivity index (χ4n) is 2.44. The van der Waals surface area contributed by atoms with E-state index in [1.807, 2.05) is 12.1 Å². The number of amides is 1. The number of hydrogen-bond acceptors (Lipinski definition) is 4. The van der Waals surface area contributed by atoms with Gasteiger partial charge >= 0.3 is 0 Å². The van der Waals surface area contributed by atoms with E-state index in [9.17, 15) is 9.59 Å². The molecule has 3 heterocycles. The minimum absolute atomic E-state index is 0.139. The van der Waals surface area contributed by atoms with Gasteiger partial charge in [-0.2, -0.15) is 5.26 Å². The molecule has 3 rings (SSSR count). The summed E-state index contributed by atoms with van der Waals surface area (Å²) in [6.45, 7) is 0.739. The summed E-state index contributed by atoms with van der Waals surface area (Å²) in [7, 11) is 0. The maximum Gasteiger partial charge on any atom is 0.263 e. The van der Waals surface area contributed by atoms with Crippen LogP contribution in [-0.4, -0.2) is 26.7 Å². The highest BCUT2D eigenvalue weighted by molar-refractivity contribution is 5.78. The van der Waals surface area contributed by atoms with Crippen LogP contribution in [-0.2, 0) is 17.8 Å². The van der Waals surface area contributed by atoms with Crippen molar-refractivity contribution in [2.45, 2.75) is 19.4 Å². The van der Waals surface area contributed by atoms with Crippen LogP contribution in [0.3, 0.4) is 0 Å². The predicted octanol–water partition coefficient (Wildman–Crippen LogP) is 0.493. The fourth-order valence-corrected chi connectivity index (χ4v) is 2.44. The molecule has 0 saturated carbocycles. The smallest absolute Gasteiger partial charge is 0.263 e. The lowest BCUT2D eigenvalue weighted by atomic mass is 10.1. The van der Waals surface area contributed by atoms with Gasteiger partial charge in [-0.15, -0.1) is 0 Å². The number of pyridine rings is 1. The second kappa shape index (κ2) is 4.78. The van der Waals surface area contributed by atoms with E-state index in [2.05, 4.69) is 4.98 Å². The standard InChI is InChI=1S/C14H12N4O2/c15-6-4-13(19)17-8-5-11-10(9-17)14(20)18-7-2-1-3-12(18)16-11/h1-3,7H,4-5,8-9H2. The van der Waals surface area contributed by atoms with Gasteiger partial charge in [-0.1, -0.05) is 6.07 Å². The van der Waals surface area contributed by atoms with Crippen LogP contribution in [0.2, 0.25) is 0 Å². The van der Waals surface area contributed by atoms with E-state index >= 15 is 0 Å². The predicted molar refractivity (Wildman–Crippen MR) is 70.8 cm³/mol. The number of rotatable bonds is 1. The molecule has 20 heavy (non-hydrogen) atoms. The number of nitrogens with zero attached hydrogens (tertiary/aromatic N) is 4. The maximum atomic E-state index is 12.4. The molecule has 1 aliphatic rings. The molecule has 0 fully saturated rings. The van der Waals surface area contributed by atoms with Crippen LogP contribution in [0, 0.1) is 11.3 Å². The van der Waals surface area contributed by atoms with Crippen LogP contribution in [0.15, 0.2) is 29.2 Å². The Morgan fingerprint density at radius 2 is 2.30 bits per heavy atom. The Balaban J connectivity index is 2.05. The Morgan fingerprint density at radius 3 is 3.10 bits per heavy atom. The van der Waals surface area contributed by atoms with Crippen LogP contribution in [0.4, 0.5) is 0 Å². The van der Waals surface area contributed by atoms with Gasteiger partial charge < -0.3 is 4.90 Å². The summed E-state index contributed by atoms with van der Waals surface area (Å²) in [5.74, 6) is -0.240. The van der Waals surface area contributed by atoms with Crippen molar-refractivity contribution in [2.75, 3.05) is 6.54 Å². The van der Waals surface area contributed by atoms with Crippen LogP contribution in [0.5, 0.6) is 0 Å². The van der Waals surface area contributed by atoms with Crippen molar-refractivity contribution in [3.05, 3.63) is 46.0 Å². The van der Waals surface area contributed by atoms with Gasteiger partial charge in [-0.25, -0.2) is 4.98 Å². The van der Waals surface area contributed by atoms with Crippen molar-refractivity contribution in [3.63, 3.8) is 0 Å². The Bertz CT molecular complexity index is 788. The molecule has 0 bridgehead atoms. The van der Waals surface area contributed by atoms with E-state index in [-0.39, 0.29) is 24.4 Å². The van der Waals surface area contributed by atoms with E-state index < -0.39 is 0 Å². The van der Waals surface area contributed by atoms with Gasteiger partial charge in [0, 0.05) is 19.2 Å². The quantitative estimate of drug-likeness (QED) is 0.754. The average Bonchev–Trinajstić information content (AvgIpc) is 2.47. The Hall–Kier alpha value is -2.68. The lowest BCUT2D eigenvalue weighted by Gasteiger charge is -2.27. The van der Waals surface area contributed by atoms with Crippen molar-refractivity contribution in [3.8, 4) is 6.07 Å². The second-order valence-corrected chi connectivity index (χ2v) is 4.67. The average molecular weight is 268 g/mol. The number of aromatic nitrogens is 2. The van der Waals surface area contributed by atoms with Gasteiger partial charge in [0.1, 0.15) is 12.1 Å². The molecule has 1 aliphatic heterocycles. The summed E-state index contributed by atoms with van der Waals surface area (Å²) in [6, 6.07) is 7.23. The highest BCUT2D eigenvalue weighted by atomic mass is 16.2. The van der Waals surface area contributed by atoms with E-state index in [1.165, 1.54) is 4.40 Å². The van der Waals surface area contributed by atoms with Crippen molar-refractivity contribution >= 4 is 11.6 Å². The molecule has 6 heteroatoms. The van der Waals surface area contributed by atoms with E-state index in [1.54, 1.807) is 23.2 Å². The second-order valence-electron chi connectivity index (χ2n) is 4.67. The first kappa shape index (κ1) is 12.4. The zero-order chi connectivity index (χ0) is 14.1. The lowest BCUT2D eigenvalue weighted by molar-refractivity contribution is -0.131. The molecule has 1 amide bonds. The third-order valence-corrected chi connectivity index (χ3v) is 3.46. The number of nitriles is 1. The first-order valence-electron chi connectivity index (χ1n) is 6.34. The maximum absolute atomic E-state index is 12.4. The monoisotopic (exact) mass is 268 g/mol. The van der Waals surface area contributed by atoms with Gasteiger partial charge in [0.05, 0.1) is 23.9 Å². The minimum Gasteiger partial charge on any atom is -0.337 e. The Labute approximate surface area is 114 Å². The van der Waals surface area contributed by atoms with Crippen molar-refractivity contribution in [1.29, 1.82) is 5.26 Å². The Morgan fingerprint density at radius 1 is 1.45 bits per heavy atom. The molecule has 0 spiro atoms. The summed E-state index contributed by atoms with van der Waals surface area (Å²) in [5.41, 5.74) is 1.78. The van der Waals surface area contributed by atoms with Crippen LogP contribution < -0.4 is 5.56 Å². The Kier molecular flexibility index (Phi) is 2.95. The summed E-state index contributed by atoms with van der Waals surface area (Å²) in [5, 5.41) is 8.58. The summed E-state index contributed by atoms with van der Waals surface area (Å²) >= 11 is 0. The van der Waals surface area contributed by atoms with Crippen molar-refractivity contribution < 1.29 is 4.79 Å². The first-order valence-corrected chi connectivity index (χ1v) is 6.34. The zero-order valence-corrected chi connectivity index (χ0v) is 10.7. The van der Waals surface area contributed by atoms with E-state index in [4.69, 9.17) is 5.26 Å². The van der Waals surface area contributed by atoms with Gasteiger partial charge in [-0.05, 0) is 12.1 Å². The third kappa shape index (κ3) is 1.93. The molecular formula is C14H12N4O2. The molecule has 6 nitrogen and oxygen atoms in total. The summed E-state index contributed by atoms with van der Waals surface area (Å²) in [4.78, 5) is 30.2. The molecule has 2 aromatic heterocycles. The normalized spacial score (nSPS) is 13.8. The van der Waals surface area contributed by atoms with E-state index in [0.717, 1.165) is 5.69 Å². The minimum atomic E-state index is -0.240. The summed E-state index contributed by atoms with van der Waals surface area (Å²) < 4.78 is 1.48. The molecular weight excluding hydrogens is 256 g/mol. The molecule has 0 unspecified atom stereocenters. The number of hydrogen-bond donors (Lipinski definition) is 0. The molecule has 100 valence electrons. The molecule has 0 atom stereocenters. The SMILES string of the molecule is N#CCC(=O)N1CCc2nc3ccccn3c(=O)c2C1. The van der Waals surface area contributed by atoms with Crippen LogP contribution >= 0.6 is 0 Å². The first-order chi connectivity index (χ1) is 9.70. The molecule has 0 saturated heterocycles. The van der Waals surface area contributed by atoms with Crippen molar-refractivity contribution in [2.24, 2.45) is 0 Å². The summed E-state index contributed by atoms with van der Waals surface area (Å²) in [6.07, 6.45) is 2.06. The fraction of sp³-hybridized carbons (Fsp3) is 0.286. The van der Waals surface area contributed by atoms with Crippen molar-refractivity contribution in [1.82, 2.24) is 14.3 Å². The third-order valence-electron chi connectivity index (χ3n) is 3.46. The molecule has 0 radical (unpaired) electrons. The highest BCUT2D eigenvalue weighted by Gasteiger charge is 2.24. The zero-order valence-electron chi connectivity index (χ0n) is 10.7. The van der Waals surface area contributed by atoms with E-state index in [0.29, 0.717) is 24.2 Å².